The molecule has 0 radical (unpaired) electrons. The summed E-state index contributed by atoms with van der Waals surface area (Å²) in [6.07, 6.45) is 2.38. The summed E-state index contributed by atoms with van der Waals surface area (Å²) in [7, 11) is 0. The normalized spacial score (nSPS) is 10.7. The highest BCUT2D eigenvalue weighted by Crippen LogP contribution is 2.22. The second-order valence-corrected chi connectivity index (χ2v) is 5.35. The Labute approximate surface area is 120 Å². The molecule has 0 fully saturated rings. The maximum absolute atomic E-state index is 10.6. The number of aromatic nitrogens is 2. The Morgan fingerprint density at radius 2 is 2.16 bits per heavy atom. The number of aryl methyl sites for hydroxylation is 2. The van der Waals surface area contributed by atoms with Crippen LogP contribution in [0.1, 0.15) is 23.2 Å². The zero-order valence-corrected chi connectivity index (χ0v) is 12.4. The number of halogens is 1. The fraction of sp³-hybridized carbons (Fsp3) is 0.286. The van der Waals surface area contributed by atoms with Crippen LogP contribution < -0.4 is 0 Å². The number of carboxylic acid groups (broad SMARTS) is 1. The molecule has 0 aliphatic heterocycles. The third-order valence-electron chi connectivity index (χ3n) is 3.12. The Balaban J connectivity index is 2.30. The number of carboxylic acids is 1. The van der Waals surface area contributed by atoms with Crippen LogP contribution in [-0.2, 0) is 11.2 Å². The van der Waals surface area contributed by atoms with Gasteiger partial charge in [-0.2, -0.15) is 5.10 Å². The maximum Gasteiger partial charge on any atom is 0.303 e. The van der Waals surface area contributed by atoms with Crippen molar-refractivity contribution >= 4 is 21.9 Å². The lowest BCUT2D eigenvalue weighted by molar-refractivity contribution is -0.136. The van der Waals surface area contributed by atoms with Crippen LogP contribution in [0.4, 0.5) is 0 Å². The molecule has 0 bridgehead atoms. The summed E-state index contributed by atoms with van der Waals surface area (Å²) in [6, 6.07) is 6.04. The Hall–Kier alpha value is -1.62. The minimum absolute atomic E-state index is 0.129. The van der Waals surface area contributed by atoms with Gasteiger partial charge in [0.05, 0.1) is 11.9 Å². The molecular weight excluding hydrogens is 308 g/mol. The first-order valence-corrected chi connectivity index (χ1v) is 6.80. The summed E-state index contributed by atoms with van der Waals surface area (Å²) in [5.74, 6) is -0.787. The zero-order chi connectivity index (χ0) is 14.0. The fourth-order valence-corrected chi connectivity index (χ4v) is 2.27. The molecule has 1 aromatic carbocycles. The van der Waals surface area contributed by atoms with Crippen LogP contribution in [-0.4, -0.2) is 20.9 Å². The third-order valence-corrected chi connectivity index (χ3v) is 3.97. The quantitative estimate of drug-likeness (QED) is 0.939. The van der Waals surface area contributed by atoms with Gasteiger partial charge < -0.3 is 5.11 Å². The van der Waals surface area contributed by atoms with Gasteiger partial charge in [-0.25, -0.2) is 4.68 Å². The van der Waals surface area contributed by atoms with Crippen molar-refractivity contribution in [1.29, 1.82) is 0 Å². The molecule has 2 rings (SSSR count). The van der Waals surface area contributed by atoms with Crippen molar-refractivity contribution in [2.45, 2.75) is 26.7 Å². The Morgan fingerprint density at radius 1 is 1.42 bits per heavy atom. The number of hydrogen-bond acceptors (Lipinski definition) is 2. The van der Waals surface area contributed by atoms with Crippen molar-refractivity contribution in [3.8, 4) is 5.69 Å². The van der Waals surface area contributed by atoms with E-state index in [1.807, 2.05) is 36.7 Å². The van der Waals surface area contributed by atoms with Crippen molar-refractivity contribution in [3.63, 3.8) is 0 Å². The van der Waals surface area contributed by atoms with E-state index in [0.29, 0.717) is 6.42 Å². The van der Waals surface area contributed by atoms with Crippen LogP contribution in [0.25, 0.3) is 5.69 Å². The van der Waals surface area contributed by atoms with Crippen molar-refractivity contribution < 1.29 is 9.90 Å². The smallest absolute Gasteiger partial charge is 0.303 e. The van der Waals surface area contributed by atoms with E-state index >= 15 is 0 Å². The molecule has 100 valence electrons. The van der Waals surface area contributed by atoms with Crippen molar-refractivity contribution in [3.05, 3.63) is 45.7 Å². The Morgan fingerprint density at radius 3 is 2.79 bits per heavy atom. The summed E-state index contributed by atoms with van der Waals surface area (Å²) >= 11 is 3.51. The molecule has 0 aliphatic rings. The van der Waals surface area contributed by atoms with E-state index in [4.69, 9.17) is 5.11 Å². The predicted molar refractivity (Wildman–Crippen MR) is 76.7 cm³/mol. The van der Waals surface area contributed by atoms with Gasteiger partial charge >= 0.3 is 5.97 Å². The van der Waals surface area contributed by atoms with E-state index in [1.165, 1.54) is 5.56 Å². The van der Waals surface area contributed by atoms with Gasteiger partial charge in [-0.15, -0.1) is 0 Å². The van der Waals surface area contributed by atoms with Crippen LogP contribution in [0, 0.1) is 13.8 Å². The molecule has 0 aliphatic carbocycles. The van der Waals surface area contributed by atoms with Gasteiger partial charge in [-0.05, 0) is 43.5 Å². The average Bonchev–Trinajstić information content (AvgIpc) is 2.72. The molecule has 0 unspecified atom stereocenters. The predicted octanol–water partition coefficient (Wildman–Crippen LogP) is 3.27. The molecule has 0 saturated heterocycles. The summed E-state index contributed by atoms with van der Waals surface area (Å²) in [5.41, 5.74) is 4.09. The minimum Gasteiger partial charge on any atom is -0.481 e. The summed E-state index contributed by atoms with van der Waals surface area (Å²) in [4.78, 5) is 10.6. The Bertz CT molecular complexity index is 620. The average molecular weight is 323 g/mol. The van der Waals surface area contributed by atoms with Crippen LogP contribution in [0.2, 0.25) is 0 Å². The fourth-order valence-electron chi connectivity index (χ4n) is 1.90. The van der Waals surface area contributed by atoms with E-state index in [-0.39, 0.29) is 6.42 Å². The molecule has 0 spiro atoms. The second kappa shape index (κ2) is 5.57. The summed E-state index contributed by atoms with van der Waals surface area (Å²) < 4.78 is 2.87. The van der Waals surface area contributed by atoms with Gasteiger partial charge in [-0.3, -0.25) is 4.79 Å². The highest BCUT2D eigenvalue weighted by atomic mass is 79.9. The molecule has 5 heteroatoms. The first kappa shape index (κ1) is 13.8. The topological polar surface area (TPSA) is 55.1 Å². The monoisotopic (exact) mass is 322 g/mol. The molecule has 0 saturated carbocycles. The third kappa shape index (κ3) is 3.04. The van der Waals surface area contributed by atoms with Crippen molar-refractivity contribution in [2.24, 2.45) is 0 Å². The lowest BCUT2D eigenvalue weighted by atomic mass is 10.1. The molecule has 19 heavy (non-hydrogen) atoms. The zero-order valence-electron chi connectivity index (χ0n) is 10.9. The highest BCUT2D eigenvalue weighted by Gasteiger charge is 2.10. The van der Waals surface area contributed by atoms with E-state index in [1.54, 1.807) is 6.20 Å². The number of nitrogens with zero attached hydrogens (tertiary/aromatic N) is 2. The van der Waals surface area contributed by atoms with Gasteiger partial charge in [0.1, 0.15) is 0 Å². The molecule has 0 amide bonds. The standard InChI is InChI=1S/C14H15BrN2O2/c1-9-3-5-12(7-13(9)15)17-10(2)11(8-16-17)4-6-14(18)19/h3,5,7-8H,4,6H2,1-2H3,(H,18,19). The second-order valence-electron chi connectivity index (χ2n) is 4.49. The van der Waals surface area contributed by atoms with Crippen LogP contribution >= 0.6 is 15.9 Å². The van der Waals surface area contributed by atoms with Crippen molar-refractivity contribution in [1.82, 2.24) is 9.78 Å². The Kier molecular flexibility index (Phi) is 4.04. The van der Waals surface area contributed by atoms with Gasteiger partial charge in [0.15, 0.2) is 0 Å². The first-order valence-electron chi connectivity index (χ1n) is 6.01. The number of hydrogen-bond donors (Lipinski definition) is 1. The van der Waals surface area contributed by atoms with Gasteiger partial charge in [0.25, 0.3) is 0 Å². The lowest BCUT2D eigenvalue weighted by Crippen LogP contribution is -2.01. The SMILES string of the molecule is Cc1ccc(-n2ncc(CCC(=O)O)c2C)cc1Br. The van der Waals surface area contributed by atoms with Gasteiger partial charge in [0.2, 0.25) is 0 Å². The van der Waals surface area contributed by atoms with E-state index in [2.05, 4.69) is 21.0 Å². The molecule has 1 N–H and O–H groups in total. The molecule has 2 aromatic rings. The molecule has 1 aromatic heterocycles. The first-order chi connectivity index (χ1) is 8.99. The van der Waals surface area contributed by atoms with Gasteiger partial charge in [0, 0.05) is 16.6 Å². The molecule has 0 atom stereocenters. The molecular formula is C14H15BrN2O2. The molecule has 4 nitrogen and oxygen atoms in total. The lowest BCUT2D eigenvalue weighted by Gasteiger charge is -2.07. The van der Waals surface area contributed by atoms with E-state index in [0.717, 1.165) is 21.4 Å². The van der Waals surface area contributed by atoms with Gasteiger partial charge in [-0.1, -0.05) is 22.0 Å². The van der Waals surface area contributed by atoms with E-state index < -0.39 is 5.97 Å². The van der Waals surface area contributed by atoms with Crippen molar-refractivity contribution in [2.75, 3.05) is 0 Å². The van der Waals surface area contributed by atoms with Crippen LogP contribution in [0.3, 0.4) is 0 Å². The number of carbonyl (C=O) groups is 1. The highest BCUT2D eigenvalue weighted by molar-refractivity contribution is 9.10. The minimum atomic E-state index is -0.787. The maximum atomic E-state index is 10.6. The summed E-state index contributed by atoms with van der Waals surface area (Å²) in [6.45, 7) is 3.99. The molecule has 1 heterocycles. The van der Waals surface area contributed by atoms with Crippen LogP contribution in [0.15, 0.2) is 28.9 Å². The number of benzene rings is 1. The van der Waals surface area contributed by atoms with Crippen LogP contribution in [0.5, 0.6) is 0 Å². The number of aliphatic carboxylic acids is 1. The number of rotatable bonds is 4. The summed E-state index contributed by atoms with van der Waals surface area (Å²) in [5, 5.41) is 13.1. The van der Waals surface area contributed by atoms with E-state index in [9.17, 15) is 4.79 Å². The largest absolute Gasteiger partial charge is 0.481 e.